The molecule has 0 spiro atoms. The van der Waals surface area contributed by atoms with Crippen LogP contribution >= 0.6 is 0 Å². The Labute approximate surface area is 119 Å². The third-order valence-corrected chi connectivity index (χ3v) is 2.64. The lowest BCUT2D eigenvalue weighted by molar-refractivity contribution is -0.116. The number of carbonyl (C=O) groups is 1. The molecule has 0 fully saturated rings. The minimum Gasteiger partial charge on any atom is -0.490 e. The molecule has 0 unspecified atom stereocenters. The molecule has 20 heavy (non-hydrogen) atoms. The number of aliphatic hydroxyl groups excluding tert-OH is 1. The van der Waals surface area contributed by atoms with Crippen LogP contribution in [-0.2, 0) is 4.79 Å². The summed E-state index contributed by atoms with van der Waals surface area (Å²) in [5.41, 5.74) is 0.686. The number of hydrogen-bond acceptors (Lipinski definition) is 4. The highest BCUT2D eigenvalue weighted by Crippen LogP contribution is 2.30. The van der Waals surface area contributed by atoms with E-state index in [9.17, 15) is 4.79 Å². The third kappa shape index (κ3) is 5.48. The van der Waals surface area contributed by atoms with Gasteiger partial charge in [-0.25, -0.2) is 0 Å². The van der Waals surface area contributed by atoms with Crippen LogP contribution in [0, 0.1) is 0 Å². The van der Waals surface area contributed by atoms with Crippen molar-refractivity contribution in [3.05, 3.63) is 18.2 Å². The number of anilines is 1. The minimum absolute atomic E-state index is 0.0648. The molecule has 2 N–H and O–H groups in total. The summed E-state index contributed by atoms with van der Waals surface area (Å²) >= 11 is 0. The monoisotopic (exact) mass is 281 g/mol. The number of ether oxygens (including phenoxy) is 2. The van der Waals surface area contributed by atoms with Crippen molar-refractivity contribution < 1.29 is 19.4 Å². The summed E-state index contributed by atoms with van der Waals surface area (Å²) in [6.07, 6.45) is 1.72. The lowest BCUT2D eigenvalue weighted by Crippen LogP contribution is -2.11. The zero-order valence-electron chi connectivity index (χ0n) is 12.1. The Bertz CT molecular complexity index is 420. The Morgan fingerprint density at radius 2 is 1.85 bits per heavy atom. The second-order valence-corrected chi connectivity index (χ2v) is 4.26. The van der Waals surface area contributed by atoms with E-state index in [2.05, 4.69) is 5.32 Å². The molecule has 112 valence electrons. The highest BCUT2D eigenvalue weighted by molar-refractivity contribution is 5.91. The lowest BCUT2D eigenvalue weighted by Gasteiger charge is -2.13. The van der Waals surface area contributed by atoms with Gasteiger partial charge in [0.05, 0.1) is 13.2 Å². The SMILES string of the molecule is CCOc1ccc(NC(=O)CCCCO)cc1OCC. The number of hydrogen-bond donors (Lipinski definition) is 2. The van der Waals surface area contributed by atoms with Gasteiger partial charge in [-0.15, -0.1) is 0 Å². The van der Waals surface area contributed by atoms with E-state index in [-0.39, 0.29) is 12.5 Å². The van der Waals surface area contributed by atoms with Gasteiger partial charge in [-0.3, -0.25) is 4.79 Å². The molecular weight excluding hydrogens is 258 g/mol. The number of carbonyl (C=O) groups excluding carboxylic acids is 1. The molecule has 0 aromatic heterocycles. The maximum absolute atomic E-state index is 11.7. The zero-order chi connectivity index (χ0) is 14.8. The summed E-state index contributed by atoms with van der Waals surface area (Å²) in [4.78, 5) is 11.7. The number of rotatable bonds is 9. The predicted octanol–water partition coefficient (Wildman–Crippen LogP) is 2.59. The van der Waals surface area contributed by atoms with Gasteiger partial charge < -0.3 is 19.9 Å². The van der Waals surface area contributed by atoms with E-state index in [0.29, 0.717) is 49.7 Å². The van der Waals surface area contributed by atoms with Crippen molar-refractivity contribution in [3.63, 3.8) is 0 Å². The van der Waals surface area contributed by atoms with Gasteiger partial charge in [0.1, 0.15) is 0 Å². The van der Waals surface area contributed by atoms with Crippen molar-refractivity contribution in [3.8, 4) is 11.5 Å². The van der Waals surface area contributed by atoms with Crippen molar-refractivity contribution in [1.29, 1.82) is 0 Å². The molecule has 0 atom stereocenters. The van der Waals surface area contributed by atoms with Crippen LogP contribution in [0.4, 0.5) is 5.69 Å². The topological polar surface area (TPSA) is 67.8 Å². The molecule has 0 saturated heterocycles. The van der Waals surface area contributed by atoms with Gasteiger partial charge in [0.25, 0.3) is 0 Å². The van der Waals surface area contributed by atoms with Crippen LogP contribution < -0.4 is 14.8 Å². The first-order valence-electron chi connectivity index (χ1n) is 7.01. The van der Waals surface area contributed by atoms with E-state index in [4.69, 9.17) is 14.6 Å². The van der Waals surface area contributed by atoms with Gasteiger partial charge in [-0.2, -0.15) is 0 Å². The molecule has 5 nitrogen and oxygen atoms in total. The van der Waals surface area contributed by atoms with Crippen molar-refractivity contribution in [2.24, 2.45) is 0 Å². The van der Waals surface area contributed by atoms with Crippen molar-refractivity contribution in [1.82, 2.24) is 0 Å². The van der Waals surface area contributed by atoms with Crippen LogP contribution in [0.5, 0.6) is 11.5 Å². The van der Waals surface area contributed by atoms with Crippen LogP contribution in [-0.4, -0.2) is 30.8 Å². The summed E-state index contributed by atoms with van der Waals surface area (Å²) < 4.78 is 11.0. The van der Waals surface area contributed by atoms with E-state index >= 15 is 0 Å². The van der Waals surface area contributed by atoms with Gasteiger partial charge in [0, 0.05) is 24.8 Å². The number of benzene rings is 1. The van der Waals surface area contributed by atoms with Gasteiger partial charge in [0.2, 0.25) is 5.91 Å². The van der Waals surface area contributed by atoms with Crippen molar-refractivity contribution >= 4 is 11.6 Å². The van der Waals surface area contributed by atoms with Gasteiger partial charge in [-0.05, 0) is 38.8 Å². The predicted molar refractivity (Wildman–Crippen MR) is 78.3 cm³/mol. The molecule has 0 saturated carbocycles. The van der Waals surface area contributed by atoms with E-state index in [1.807, 2.05) is 13.8 Å². The summed E-state index contributed by atoms with van der Waals surface area (Å²) in [6.45, 7) is 5.02. The molecule has 0 bridgehead atoms. The minimum atomic E-state index is -0.0648. The van der Waals surface area contributed by atoms with Crippen LogP contribution in [0.2, 0.25) is 0 Å². The fourth-order valence-electron chi connectivity index (χ4n) is 1.75. The Balaban J connectivity index is 2.66. The van der Waals surface area contributed by atoms with Crippen molar-refractivity contribution in [2.45, 2.75) is 33.1 Å². The fourth-order valence-corrected chi connectivity index (χ4v) is 1.75. The summed E-state index contributed by atoms with van der Waals surface area (Å²) in [6, 6.07) is 5.34. The molecular formula is C15H23NO4. The molecule has 0 radical (unpaired) electrons. The molecule has 0 aliphatic heterocycles. The lowest BCUT2D eigenvalue weighted by atomic mass is 10.2. The molecule has 1 aromatic carbocycles. The average molecular weight is 281 g/mol. The first kappa shape index (κ1) is 16.3. The Hall–Kier alpha value is -1.75. The second-order valence-electron chi connectivity index (χ2n) is 4.26. The van der Waals surface area contributed by atoms with Gasteiger partial charge in [0.15, 0.2) is 11.5 Å². The standard InChI is InChI=1S/C15H23NO4/c1-3-19-13-9-8-12(11-14(13)20-4-2)16-15(18)7-5-6-10-17/h8-9,11,17H,3-7,10H2,1-2H3,(H,16,18). The highest BCUT2D eigenvalue weighted by atomic mass is 16.5. The molecule has 1 aromatic rings. The van der Waals surface area contributed by atoms with Crippen LogP contribution in [0.25, 0.3) is 0 Å². The summed E-state index contributed by atoms with van der Waals surface area (Å²) in [7, 11) is 0. The van der Waals surface area contributed by atoms with Gasteiger partial charge in [-0.1, -0.05) is 0 Å². The molecule has 5 heteroatoms. The fraction of sp³-hybridized carbons (Fsp3) is 0.533. The van der Waals surface area contributed by atoms with Crippen LogP contribution in [0.1, 0.15) is 33.1 Å². The molecule has 0 heterocycles. The van der Waals surface area contributed by atoms with E-state index in [0.717, 1.165) is 0 Å². The number of unbranched alkanes of at least 4 members (excludes halogenated alkanes) is 1. The summed E-state index contributed by atoms with van der Waals surface area (Å²) in [5.74, 6) is 1.24. The first-order chi connectivity index (χ1) is 9.71. The average Bonchev–Trinajstić information content (AvgIpc) is 2.42. The van der Waals surface area contributed by atoms with Gasteiger partial charge >= 0.3 is 0 Å². The Kier molecular flexibility index (Phi) is 7.50. The number of nitrogens with one attached hydrogen (secondary N) is 1. The molecule has 0 aliphatic carbocycles. The smallest absolute Gasteiger partial charge is 0.224 e. The third-order valence-electron chi connectivity index (χ3n) is 2.64. The number of aliphatic hydroxyl groups is 1. The molecule has 1 rings (SSSR count). The van der Waals surface area contributed by atoms with Crippen LogP contribution in [0.15, 0.2) is 18.2 Å². The van der Waals surface area contributed by atoms with E-state index in [1.54, 1.807) is 18.2 Å². The van der Waals surface area contributed by atoms with E-state index < -0.39 is 0 Å². The second kappa shape index (κ2) is 9.20. The normalized spacial score (nSPS) is 10.2. The largest absolute Gasteiger partial charge is 0.490 e. The maximum Gasteiger partial charge on any atom is 0.224 e. The summed E-state index contributed by atoms with van der Waals surface area (Å²) in [5, 5.41) is 11.5. The van der Waals surface area contributed by atoms with Crippen molar-refractivity contribution in [2.75, 3.05) is 25.1 Å². The molecule has 1 amide bonds. The van der Waals surface area contributed by atoms with E-state index in [1.165, 1.54) is 0 Å². The quantitative estimate of drug-likeness (QED) is 0.683. The zero-order valence-corrected chi connectivity index (χ0v) is 12.1. The maximum atomic E-state index is 11.7. The Morgan fingerprint density at radius 3 is 2.50 bits per heavy atom. The highest BCUT2D eigenvalue weighted by Gasteiger charge is 2.08. The van der Waals surface area contributed by atoms with Crippen LogP contribution in [0.3, 0.4) is 0 Å². The number of amides is 1. The first-order valence-corrected chi connectivity index (χ1v) is 7.01. The molecule has 0 aliphatic rings. The Morgan fingerprint density at radius 1 is 1.15 bits per heavy atom.